The molecular weight excluding hydrogens is 473 g/mol. The van der Waals surface area contributed by atoms with Crippen molar-refractivity contribution in [1.29, 1.82) is 0 Å². The van der Waals surface area contributed by atoms with Gasteiger partial charge in [0.05, 0.1) is 36.0 Å². The Morgan fingerprint density at radius 3 is 2.50 bits per heavy atom. The zero-order chi connectivity index (χ0) is 24.6. The van der Waals surface area contributed by atoms with Crippen LogP contribution in [0.25, 0.3) is 11.0 Å². The van der Waals surface area contributed by atoms with Crippen molar-refractivity contribution in [2.75, 3.05) is 31.2 Å². The number of sulfonamides is 1. The third-order valence-corrected chi connectivity index (χ3v) is 7.03. The summed E-state index contributed by atoms with van der Waals surface area (Å²) in [5.74, 6) is -5.37. The van der Waals surface area contributed by atoms with Crippen LogP contribution in [0.5, 0.6) is 0 Å². The lowest BCUT2D eigenvalue weighted by Crippen LogP contribution is -2.36. The van der Waals surface area contributed by atoms with Crippen molar-refractivity contribution in [1.82, 2.24) is 9.97 Å². The zero-order valence-electron chi connectivity index (χ0n) is 18.1. The van der Waals surface area contributed by atoms with Gasteiger partial charge in [-0.25, -0.2) is 31.7 Å². The maximum absolute atomic E-state index is 15.2. The molecule has 0 radical (unpaired) electrons. The number of hydrogen-bond donors (Lipinski definition) is 1. The molecular formula is C22H21F3N4O4S. The van der Waals surface area contributed by atoms with Gasteiger partial charge >= 0.3 is 0 Å². The van der Waals surface area contributed by atoms with Crippen molar-refractivity contribution < 1.29 is 31.1 Å². The lowest BCUT2D eigenvalue weighted by Gasteiger charge is -2.27. The summed E-state index contributed by atoms with van der Waals surface area (Å²) < 4.78 is 73.2. The van der Waals surface area contributed by atoms with Crippen LogP contribution in [0.2, 0.25) is 0 Å². The number of nitrogens with zero attached hydrogens (tertiary/aromatic N) is 3. The highest BCUT2D eigenvalue weighted by atomic mass is 32.2. The molecule has 0 amide bonds. The van der Waals surface area contributed by atoms with E-state index in [9.17, 15) is 22.0 Å². The van der Waals surface area contributed by atoms with E-state index in [-0.39, 0.29) is 12.0 Å². The van der Waals surface area contributed by atoms with Crippen LogP contribution < -0.4 is 10.0 Å². The Balaban J connectivity index is 1.79. The fourth-order valence-corrected chi connectivity index (χ4v) is 4.91. The van der Waals surface area contributed by atoms with Gasteiger partial charge in [-0.15, -0.1) is 0 Å². The molecule has 0 saturated carbocycles. The Morgan fingerprint density at radius 2 is 1.85 bits per heavy atom. The fraction of sp³-hybridized carbons (Fsp3) is 0.318. The average molecular weight is 494 g/mol. The minimum Gasteiger partial charge on any atom is -0.378 e. The molecule has 1 fully saturated rings. The fourth-order valence-electron chi connectivity index (χ4n) is 3.92. The van der Waals surface area contributed by atoms with Crippen LogP contribution in [0, 0.1) is 17.5 Å². The second-order valence-electron chi connectivity index (χ2n) is 7.80. The molecule has 8 nitrogen and oxygen atoms in total. The first kappa shape index (κ1) is 24.0. The standard InChI is InChI=1S/C22H21F3N4O4S/c1-2-17(34(26,31)32)13-10-14(23)21(25)19(20(13)24)22(30)12-3-4-15-16(9-12)28-18(11-27-15)29-5-7-33-8-6-29/h3-4,9-11,17H,2,5-8H2,1H3,(H2,26,31,32). The van der Waals surface area contributed by atoms with Crippen molar-refractivity contribution in [3.63, 3.8) is 0 Å². The SMILES string of the molecule is CCC(c1cc(F)c(F)c(C(=O)c2ccc3ncc(N4CCOCC4)nc3c2)c1F)S(N)(=O)=O. The van der Waals surface area contributed by atoms with Crippen molar-refractivity contribution in [2.45, 2.75) is 18.6 Å². The van der Waals surface area contributed by atoms with E-state index in [1.54, 1.807) is 6.20 Å². The first-order valence-electron chi connectivity index (χ1n) is 10.4. The minimum absolute atomic E-state index is 0.168. The summed E-state index contributed by atoms with van der Waals surface area (Å²) in [5.41, 5.74) is -1.34. The molecule has 1 unspecified atom stereocenters. The second-order valence-corrected chi connectivity index (χ2v) is 9.54. The van der Waals surface area contributed by atoms with Gasteiger partial charge in [0.15, 0.2) is 17.4 Å². The molecule has 2 heterocycles. The van der Waals surface area contributed by atoms with Gasteiger partial charge in [-0.1, -0.05) is 6.92 Å². The number of ketones is 1. The highest BCUT2D eigenvalue weighted by Crippen LogP contribution is 2.32. The van der Waals surface area contributed by atoms with E-state index in [4.69, 9.17) is 9.88 Å². The number of morpholine rings is 1. The van der Waals surface area contributed by atoms with Crippen LogP contribution in [0.1, 0.15) is 40.1 Å². The first-order valence-corrected chi connectivity index (χ1v) is 12.1. The number of rotatable bonds is 6. The lowest BCUT2D eigenvalue weighted by atomic mass is 9.97. The van der Waals surface area contributed by atoms with Gasteiger partial charge in [0.2, 0.25) is 10.0 Å². The summed E-state index contributed by atoms with van der Waals surface area (Å²) in [6, 6.07) is 4.46. The predicted octanol–water partition coefficient (Wildman–Crippen LogP) is 2.85. The molecule has 1 aromatic heterocycles. The summed E-state index contributed by atoms with van der Waals surface area (Å²) in [5, 5.41) is 3.49. The monoisotopic (exact) mass is 494 g/mol. The van der Waals surface area contributed by atoms with Crippen LogP contribution in [-0.4, -0.2) is 50.5 Å². The average Bonchev–Trinajstić information content (AvgIpc) is 2.81. The van der Waals surface area contributed by atoms with E-state index in [1.165, 1.54) is 25.1 Å². The van der Waals surface area contributed by atoms with Crippen LogP contribution in [-0.2, 0) is 14.8 Å². The highest BCUT2D eigenvalue weighted by Gasteiger charge is 2.32. The number of fused-ring (bicyclic) bond motifs is 1. The van der Waals surface area contributed by atoms with E-state index in [0.717, 1.165) is 0 Å². The molecule has 1 aliphatic heterocycles. The molecule has 4 rings (SSSR count). The van der Waals surface area contributed by atoms with Crippen LogP contribution in [0.15, 0.2) is 30.5 Å². The lowest BCUT2D eigenvalue weighted by molar-refractivity contribution is 0.102. The third-order valence-electron chi connectivity index (χ3n) is 5.65. The number of anilines is 1. The summed E-state index contributed by atoms with van der Waals surface area (Å²) in [6.45, 7) is 3.64. The van der Waals surface area contributed by atoms with Crippen molar-refractivity contribution in [2.24, 2.45) is 5.14 Å². The van der Waals surface area contributed by atoms with Gasteiger partial charge in [-0.05, 0) is 30.7 Å². The number of ether oxygens (including phenoxy) is 1. The van der Waals surface area contributed by atoms with Crippen molar-refractivity contribution in [3.8, 4) is 0 Å². The Hall–Kier alpha value is -3.09. The van der Waals surface area contributed by atoms with E-state index in [1.807, 2.05) is 4.90 Å². The number of nitrogens with two attached hydrogens (primary N) is 1. The summed E-state index contributed by atoms with van der Waals surface area (Å²) in [7, 11) is -4.34. The zero-order valence-corrected chi connectivity index (χ0v) is 18.9. The van der Waals surface area contributed by atoms with Gasteiger partial charge in [-0.3, -0.25) is 9.78 Å². The predicted molar refractivity (Wildman–Crippen MR) is 118 cm³/mol. The van der Waals surface area contributed by atoms with Gasteiger partial charge in [0.1, 0.15) is 16.9 Å². The third kappa shape index (κ3) is 4.48. The molecule has 2 N–H and O–H groups in total. The van der Waals surface area contributed by atoms with E-state index >= 15 is 4.39 Å². The Morgan fingerprint density at radius 1 is 1.15 bits per heavy atom. The number of benzene rings is 2. The minimum atomic E-state index is -4.34. The number of primary sulfonamides is 1. The van der Waals surface area contributed by atoms with E-state index in [0.29, 0.717) is 49.2 Å². The largest absolute Gasteiger partial charge is 0.378 e. The molecule has 180 valence electrons. The van der Waals surface area contributed by atoms with Crippen molar-refractivity contribution in [3.05, 3.63) is 64.6 Å². The maximum Gasteiger partial charge on any atom is 0.216 e. The Kier molecular flexibility index (Phi) is 6.56. The number of halogens is 3. The molecule has 34 heavy (non-hydrogen) atoms. The molecule has 1 saturated heterocycles. The Bertz CT molecular complexity index is 1380. The topological polar surface area (TPSA) is 115 Å². The molecule has 0 aliphatic carbocycles. The molecule has 12 heteroatoms. The molecule has 1 atom stereocenters. The van der Waals surface area contributed by atoms with Crippen molar-refractivity contribution >= 4 is 32.7 Å². The summed E-state index contributed by atoms with van der Waals surface area (Å²) in [6.07, 6.45) is 1.37. The number of aromatic nitrogens is 2. The van der Waals surface area contributed by atoms with Crippen LogP contribution >= 0.6 is 0 Å². The molecule has 0 spiro atoms. The highest BCUT2D eigenvalue weighted by molar-refractivity contribution is 7.89. The number of hydrogen-bond acceptors (Lipinski definition) is 7. The van der Waals surface area contributed by atoms with E-state index < -0.39 is 49.6 Å². The van der Waals surface area contributed by atoms with Gasteiger partial charge < -0.3 is 9.64 Å². The summed E-state index contributed by atoms with van der Waals surface area (Å²) in [4.78, 5) is 23.8. The van der Waals surface area contributed by atoms with E-state index in [2.05, 4.69) is 9.97 Å². The Labute approximate surface area is 193 Å². The summed E-state index contributed by atoms with van der Waals surface area (Å²) >= 11 is 0. The maximum atomic E-state index is 15.2. The van der Waals surface area contributed by atoms with Gasteiger partial charge in [-0.2, -0.15) is 0 Å². The number of carbonyl (C=O) groups excluding carboxylic acids is 1. The van der Waals surface area contributed by atoms with Gasteiger partial charge in [0.25, 0.3) is 0 Å². The molecule has 0 bridgehead atoms. The second kappa shape index (κ2) is 9.28. The van der Waals surface area contributed by atoms with Crippen LogP contribution in [0.4, 0.5) is 19.0 Å². The molecule has 2 aromatic carbocycles. The quantitative estimate of drug-likeness (QED) is 0.414. The van der Waals surface area contributed by atoms with Gasteiger partial charge in [0, 0.05) is 24.2 Å². The first-order chi connectivity index (χ1) is 16.1. The number of carbonyl (C=O) groups is 1. The smallest absolute Gasteiger partial charge is 0.216 e. The molecule has 3 aromatic rings. The molecule has 1 aliphatic rings. The normalized spacial score (nSPS) is 15.5. The van der Waals surface area contributed by atoms with Crippen LogP contribution in [0.3, 0.4) is 0 Å².